The van der Waals surface area contributed by atoms with Crippen LogP contribution in [0.2, 0.25) is 0 Å². The third-order valence-electron chi connectivity index (χ3n) is 9.39. The van der Waals surface area contributed by atoms with Gasteiger partial charge >= 0.3 is 0 Å². The van der Waals surface area contributed by atoms with Crippen molar-refractivity contribution in [2.24, 2.45) is 45.6 Å². The van der Waals surface area contributed by atoms with Gasteiger partial charge in [0.05, 0.1) is 12.2 Å². The van der Waals surface area contributed by atoms with Crippen molar-refractivity contribution in [3.05, 3.63) is 0 Å². The molecule has 0 aromatic carbocycles. The predicted octanol–water partition coefficient (Wildman–Crippen LogP) is 4.48. The van der Waals surface area contributed by atoms with E-state index in [9.17, 15) is 5.11 Å². The average molecular weight is 364 g/mol. The Labute approximate surface area is 158 Å². The van der Waals surface area contributed by atoms with Crippen molar-refractivity contribution in [3.8, 4) is 0 Å². The Bertz CT molecular complexity index is 562. The quantitative estimate of drug-likeness (QED) is 0.441. The predicted molar refractivity (Wildman–Crippen MR) is 102 cm³/mol. The van der Waals surface area contributed by atoms with Crippen molar-refractivity contribution in [2.45, 2.75) is 77.2 Å². The standard InChI is InChI=1S/C22H37NO3/c1-20(24)10-11-22(14-26-3)15(12-20)4-6-17-18-7-5-16(13-23-25)21(18,2)9-8-19(17)22/h13,15-19,24-25H,4-12,14H2,1-3H3/b23-13+/t15-,16-,17?,18+,19+,20-,21-,22-/m1/s1. The second kappa shape index (κ2) is 6.48. The SMILES string of the molecule is COC[C@]12CC[C@@](C)(O)C[C@H]1CCC1[C@@H]3CC[C@H](/C=N/O)[C@@]3(C)CC[C@@H]12. The van der Waals surface area contributed by atoms with Gasteiger partial charge in [0, 0.05) is 19.2 Å². The minimum absolute atomic E-state index is 0.268. The lowest BCUT2D eigenvalue weighted by atomic mass is 9.43. The zero-order valence-electron chi connectivity index (χ0n) is 16.8. The van der Waals surface area contributed by atoms with Gasteiger partial charge in [-0.3, -0.25) is 0 Å². The van der Waals surface area contributed by atoms with E-state index in [1.807, 2.05) is 20.2 Å². The summed E-state index contributed by atoms with van der Waals surface area (Å²) in [7, 11) is 1.86. The molecule has 0 aliphatic heterocycles. The summed E-state index contributed by atoms with van der Waals surface area (Å²) in [5.41, 5.74) is 0.0764. The lowest BCUT2D eigenvalue weighted by Crippen LogP contribution is -2.58. The largest absolute Gasteiger partial charge is 0.411 e. The van der Waals surface area contributed by atoms with Crippen LogP contribution in [0.3, 0.4) is 0 Å². The van der Waals surface area contributed by atoms with Gasteiger partial charge in [-0.05, 0) is 99.2 Å². The highest BCUT2D eigenvalue weighted by Crippen LogP contribution is 2.67. The summed E-state index contributed by atoms with van der Waals surface area (Å²) >= 11 is 0. The second-order valence-electron chi connectivity index (χ2n) is 10.5. The van der Waals surface area contributed by atoms with E-state index in [2.05, 4.69) is 12.1 Å². The minimum Gasteiger partial charge on any atom is -0.411 e. The first-order valence-electron chi connectivity index (χ1n) is 10.8. The fourth-order valence-corrected chi connectivity index (χ4v) is 8.15. The van der Waals surface area contributed by atoms with Crippen molar-refractivity contribution in [3.63, 3.8) is 0 Å². The maximum Gasteiger partial charge on any atom is 0.0622 e. The third-order valence-corrected chi connectivity index (χ3v) is 9.39. The molecule has 4 rings (SSSR count). The molecule has 0 bridgehead atoms. The van der Waals surface area contributed by atoms with E-state index in [-0.39, 0.29) is 5.41 Å². The smallest absolute Gasteiger partial charge is 0.0622 e. The van der Waals surface area contributed by atoms with Crippen LogP contribution in [0.1, 0.15) is 71.6 Å². The molecular formula is C22H37NO3. The van der Waals surface area contributed by atoms with Crippen LogP contribution in [-0.4, -0.2) is 35.8 Å². The fourth-order valence-electron chi connectivity index (χ4n) is 8.15. The van der Waals surface area contributed by atoms with E-state index >= 15 is 0 Å². The molecule has 0 aromatic rings. The van der Waals surface area contributed by atoms with Crippen molar-refractivity contribution < 1.29 is 15.1 Å². The van der Waals surface area contributed by atoms with Gasteiger partial charge in [-0.2, -0.15) is 0 Å². The van der Waals surface area contributed by atoms with Gasteiger partial charge in [-0.25, -0.2) is 0 Å². The molecule has 4 nitrogen and oxygen atoms in total. The zero-order valence-corrected chi connectivity index (χ0v) is 16.8. The third kappa shape index (κ3) is 2.66. The van der Waals surface area contributed by atoms with Crippen LogP contribution in [-0.2, 0) is 4.74 Å². The molecule has 4 fully saturated rings. The zero-order chi connectivity index (χ0) is 18.6. The van der Waals surface area contributed by atoms with Crippen LogP contribution in [0, 0.1) is 40.4 Å². The van der Waals surface area contributed by atoms with Crippen LogP contribution >= 0.6 is 0 Å². The normalized spacial score (nSPS) is 53.9. The summed E-state index contributed by atoms with van der Waals surface area (Å²) < 4.78 is 5.82. The molecular weight excluding hydrogens is 326 g/mol. The van der Waals surface area contributed by atoms with E-state index in [1.54, 1.807) is 0 Å². The first-order valence-corrected chi connectivity index (χ1v) is 10.8. The van der Waals surface area contributed by atoms with Crippen molar-refractivity contribution in [1.29, 1.82) is 0 Å². The molecule has 8 atom stereocenters. The number of methoxy groups -OCH3 is 1. The Hall–Kier alpha value is -0.610. The molecule has 0 aromatic heterocycles. The monoisotopic (exact) mass is 363 g/mol. The van der Waals surface area contributed by atoms with Gasteiger partial charge in [0.15, 0.2) is 0 Å². The summed E-state index contributed by atoms with van der Waals surface area (Å²) in [6.45, 7) is 5.34. The van der Waals surface area contributed by atoms with Crippen LogP contribution in [0.15, 0.2) is 5.16 Å². The molecule has 148 valence electrons. The number of fused-ring (bicyclic) bond motifs is 5. The Morgan fingerprint density at radius 3 is 2.58 bits per heavy atom. The Kier molecular flexibility index (Phi) is 4.67. The lowest BCUT2D eigenvalue weighted by molar-refractivity contribution is -0.172. The number of rotatable bonds is 3. The summed E-state index contributed by atoms with van der Waals surface area (Å²) in [5.74, 6) is 3.30. The lowest BCUT2D eigenvalue weighted by Gasteiger charge is -2.62. The molecule has 0 radical (unpaired) electrons. The molecule has 2 N–H and O–H groups in total. The molecule has 0 saturated heterocycles. The molecule has 4 aliphatic carbocycles. The topological polar surface area (TPSA) is 62.0 Å². The highest BCUT2D eigenvalue weighted by Gasteiger charge is 2.62. The Morgan fingerprint density at radius 2 is 1.85 bits per heavy atom. The van der Waals surface area contributed by atoms with Gasteiger partial charge in [-0.1, -0.05) is 6.92 Å². The van der Waals surface area contributed by atoms with Gasteiger partial charge in [0.2, 0.25) is 0 Å². The van der Waals surface area contributed by atoms with E-state index in [0.29, 0.717) is 17.3 Å². The molecule has 0 heterocycles. The summed E-state index contributed by atoms with van der Waals surface area (Å²) in [6, 6.07) is 0. The molecule has 26 heavy (non-hydrogen) atoms. The molecule has 4 saturated carbocycles. The molecule has 0 amide bonds. The van der Waals surface area contributed by atoms with Crippen molar-refractivity contribution in [2.75, 3.05) is 13.7 Å². The summed E-state index contributed by atoms with van der Waals surface area (Å²) in [4.78, 5) is 0. The van der Waals surface area contributed by atoms with E-state index in [0.717, 1.165) is 43.6 Å². The molecule has 1 unspecified atom stereocenters. The highest BCUT2D eigenvalue weighted by molar-refractivity contribution is 5.62. The minimum atomic E-state index is -0.492. The highest BCUT2D eigenvalue weighted by atomic mass is 16.5. The van der Waals surface area contributed by atoms with E-state index in [4.69, 9.17) is 9.94 Å². The van der Waals surface area contributed by atoms with E-state index < -0.39 is 5.60 Å². The summed E-state index contributed by atoms with van der Waals surface area (Å²) in [6.07, 6.45) is 12.3. The maximum absolute atomic E-state index is 10.7. The van der Waals surface area contributed by atoms with Crippen LogP contribution < -0.4 is 0 Å². The van der Waals surface area contributed by atoms with Crippen LogP contribution in [0.25, 0.3) is 0 Å². The van der Waals surface area contributed by atoms with Gasteiger partial charge in [0.1, 0.15) is 0 Å². The first-order chi connectivity index (χ1) is 12.4. The second-order valence-corrected chi connectivity index (χ2v) is 10.5. The number of ether oxygens (including phenoxy) is 1. The van der Waals surface area contributed by atoms with Crippen molar-refractivity contribution >= 4 is 6.21 Å². The number of hydrogen-bond donors (Lipinski definition) is 2. The first kappa shape index (κ1) is 18.7. The van der Waals surface area contributed by atoms with Crippen LogP contribution in [0.4, 0.5) is 0 Å². The number of oxime groups is 1. The number of nitrogens with zero attached hydrogens (tertiary/aromatic N) is 1. The van der Waals surface area contributed by atoms with E-state index in [1.165, 1.54) is 38.5 Å². The average Bonchev–Trinajstić information content (AvgIpc) is 2.92. The fraction of sp³-hybridized carbons (Fsp3) is 0.955. The van der Waals surface area contributed by atoms with Crippen LogP contribution in [0.5, 0.6) is 0 Å². The van der Waals surface area contributed by atoms with Gasteiger partial charge < -0.3 is 15.1 Å². The number of aliphatic hydroxyl groups is 1. The molecule has 4 aliphatic rings. The maximum atomic E-state index is 10.7. The Balaban J connectivity index is 1.64. The molecule has 0 spiro atoms. The molecule has 4 heteroatoms. The van der Waals surface area contributed by atoms with Crippen molar-refractivity contribution in [1.82, 2.24) is 0 Å². The Morgan fingerprint density at radius 1 is 1.04 bits per heavy atom. The van der Waals surface area contributed by atoms with Gasteiger partial charge in [-0.15, -0.1) is 5.16 Å². The summed E-state index contributed by atoms with van der Waals surface area (Å²) in [5, 5.41) is 23.2. The number of hydrogen-bond acceptors (Lipinski definition) is 4. The van der Waals surface area contributed by atoms with Gasteiger partial charge in [0.25, 0.3) is 0 Å².